The molecule has 0 radical (unpaired) electrons. The lowest BCUT2D eigenvalue weighted by molar-refractivity contribution is 0.102. The monoisotopic (exact) mass is 377 g/mol. The predicted molar refractivity (Wildman–Crippen MR) is 95.8 cm³/mol. The minimum Gasteiger partial charge on any atom is -0.369 e. The molecule has 0 aliphatic heterocycles. The summed E-state index contributed by atoms with van der Waals surface area (Å²) in [4.78, 5) is 14.2. The standard InChI is InChI=1S/C16H20BrN5O/c1-22(2)11-3-10-18-15-9-8-14(20-21-15)16(23)19-13-6-4-12(17)5-7-13/h4-9H,3,10-11H2,1-2H3,(H,18,21)(H,19,23). The Hall–Kier alpha value is -1.99. The molecular weight excluding hydrogens is 358 g/mol. The third-order valence-corrected chi connectivity index (χ3v) is 3.62. The first-order valence-electron chi connectivity index (χ1n) is 7.34. The number of hydrogen-bond acceptors (Lipinski definition) is 5. The maximum absolute atomic E-state index is 12.1. The lowest BCUT2D eigenvalue weighted by Crippen LogP contribution is -2.17. The van der Waals surface area contributed by atoms with Crippen LogP contribution in [0, 0.1) is 0 Å². The van der Waals surface area contributed by atoms with E-state index in [0.717, 1.165) is 24.0 Å². The van der Waals surface area contributed by atoms with Crippen molar-refractivity contribution < 1.29 is 4.79 Å². The summed E-state index contributed by atoms with van der Waals surface area (Å²) in [5.74, 6) is 0.392. The number of halogens is 1. The van der Waals surface area contributed by atoms with Crippen LogP contribution in [-0.2, 0) is 0 Å². The first-order chi connectivity index (χ1) is 11.0. The van der Waals surface area contributed by atoms with Gasteiger partial charge in [0.05, 0.1) is 0 Å². The van der Waals surface area contributed by atoms with E-state index in [2.05, 4.69) is 41.7 Å². The summed E-state index contributed by atoms with van der Waals surface area (Å²) in [5, 5.41) is 14.0. The third-order valence-electron chi connectivity index (χ3n) is 3.09. The third kappa shape index (κ3) is 5.96. The predicted octanol–water partition coefficient (Wildman–Crippen LogP) is 2.86. The molecule has 2 aromatic rings. The number of benzene rings is 1. The molecule has 0 fully saturated rings. The Morgan fingerprint density at radius 3 is 2.48 bits per heavy atom. The summed E-state index contributed by atoms with van der Waals surface area (Å²) >= 11 is 3.35. The van der Waals surface area contributed by atoms with Crippen LogP contribution in [0.5, 0.6) is 0 Å². The van der Waals surface area contributed by atoms with E-state index in [1.54, 1.807) is 12.1 Å². The van der Waals surface area contributed by atoms with Gasteiger partial charge < -0.3 is 15.5 Å². The van der Waals surface area contributed by atoms with Crippen molar-refractivity contribution in [3.8, 4) is 0 Å². The molecule has 2 N–H and O–H groups in total. The van der Waals surface area contributed by atoms with E-state index in [0.29, 0.717) is 11.5 Å². The molecule has 7 heteroatoms. The number of nitrogens with zero attached hydrogens (tertiary/aromatic N) is 3. The van der Waals surface area contributed by atoms with Crippen LogP contribution in [0.2, 0.25) is 0 Å². The first kappa shape index (κ1) is 17.4. The summed E-state index contributed by atoms with van der Waals surface area (Å²) in [6.07, 6.45) is 1.01. The van der Waals surface area contributed by atoms with E-state index in [4.69, 9.17) is 0 Å². The van der Waals surface area contributed by atoms with Gasteiger partial charge in [-0.05, 0) is 63.5 Å². The number of nitrogens with one attached hydrogen (secondary N) is 2. The quantitative estimate of drug-likeness (QED) is 0.726. The fourth-order valence-corrected chi connectivity index (χ4v) is 2.15. The Morgan fingerprint density at radius 1 is 1.13 bits per heavy atom. The molecule has 122 valence electrons. The number of hydrogen-bond donors (Lipinski definition) is 2. The van der Waals surface area contributed by atoms with E-state index in [1.165, 1.54) is 0 Å². The molecule has 0 saturated carbocycles. The topological polar surface area (TPSA) is 70.2 Å². The van der Waals surface area contributed by atoms with Gasteiger partial charge in [0.2, 0.25) is 0 Å². The number of rotatable bonds is 7. The molecule has 6 nitrogen and oxygen atoms in total. The maximum Gasteiger partial charge on any atom is 0.276 e. The zero-order chi connectivity index (χ0) is 16.7. The van der Waals surface area contributed by atoms with Crippen LogP contribution in [0.3, 0.4) is 0 Å². The van der Waals surface area contributed by atoms with Crippen molar-refractivity contribution in [1.29, 1.82) is 0 Å². The summed E-state index contributed by atoms with van der Waals surface area (Å²) < 4.78 is 0.958. The van der Waals surface area contributed by atoms with Crippen molar-refractivity contribution in [3.63, 3.8) is 0 Å². The van der Waals surface area contributed by atoms with E-state index < -0.39 is 0 Å². The minimum atomic E-state index is -0.279. The highest BCUT2D eigenvalue weighted by Gasteiger charge is 2.08. The van der Waals surface area contributed by atoms with E-state index in [9.17, 15) is 4.79 Å². The Morgan fingerprint density at radius 2 is 1.87 bits per heavy atom. The van der Waals surface area contributed by atoms with Gasteiger partial charge in [0.1, 0.15) is 5.82 Å². The molecule has 0 aliphatic carbocycles. The Kier molecular flexibility index (Phi) is 6.49. The summed E-state index contributed by atoms with van der Waals surface area (Å²) in [6, 6.07) is 10.8. The van der Waals surface area contributed by atoms with Gasteiger partial charge in [-0.25, -0.2) is 0 Å². The molecule has 1 heterocycles. The fraction of sp³-hybridized carbons (Fsp3) is 0.312. The summed E-state index contributed by atoms with van der Waals surface area (Å²) in [6.45, 7) is 1.82. The van der Waals surface area contributed by atoms with Crippen molar-refractivity contribution in [1.82, 2.24) is 15.1 Å². The van der Waals surface area contributed by atoms with Crippen molar-refractivity contribution in [2.24, 2.45) is 0 Å². The van der Waals surface area contributed by atoms with E-state index in [-0.39, 0.29) is 11.6 Å². The van der Waals surface area contributed by atoms with Crippen LogP contribution in [-0.4, -0.2) is 48.2 Å². The number of carbonyl (C=O) groups excluding carboxylic acids is 1. The lowest BCUT2D eigenvalue weighted by atomic mass is 10.3. The zero-order valence-electron chi connectivity index (χ0n) is 13.2. The van der Waals surface area contributed by atoms with Gasteiger partial charge in [0, 0.05) is 16.7 Å². The van der Waals surface area contributed by atoms with Crippen molar-refractivity contribution in [3.05, 3.63) is 46.6 Å². The minimum absolute atomic E-state index is 0.279. The second kappa shape index (κ2) is 8.59. The number of aromatic nitrogens is 2. The molecule has 0 bridgehead atoms. The Bertz CT molecular complexity index is 628. The van der Waals surface area contributed by atoms with Gasteiger partial charge in [0.25, 0.3) is 5.91 Å². The molecule has 0 unspecified atom stereocenters. The molecule has 2 rings (SSSR count). The van der Waals surface area contributed by atoms with Gasteiger partial charge >= 0.3 is 0 Å². The second-order valence-corrected chi connectivity index (χ2v) is 6.26. The highest BCUT2D eigenvalue weighted by molar-refractivity contribution is 9.10. The summed E-state index contributed by atoms with van der Waals surface area (Å²) in [5.41, 5.74) is 0.998. The molecule has 23 heavy (non-hydrogen) atoms. The molecular formula is C16H20BrN5O. The smallest absolute Gasteiger partial charge is 0.276 e. The van der Waals surface area contributed by atoms with Crippen molar-refractivity contribution in [2.75, 3.05) is 37.8 Å². The van der Waals surface area contributed by atoms with Crippen molar-refractivity contribution in [2.45, 2.75) is 6.42 Å². The second-order valence-electron chi connectivity index (χ2n) is 5.35. The lowest BCUT2D eigenvalue weighted by Gasteiger charge is -2.10. The normalized spacial score (nSPS) is 10.6. The molecule has 0 atom stereocenters. The number of carbonyl (C=O) groups is 1. The van der Waals surface area contributed by atoms with Crippen LogP contribution in [0.1, 0.15) is 16.9 Å². The van der Waals surface area contributed by atoms with Crippen LogP contribution < -0.4 is 10.6 Å². The average Bonchev–Trinajstić information content (AvgIpc) is 2.54. The Labute approximate surface area is 144 Å². The highest BCUT2D eigenvalue weighted by atomic mass is 79.9. The molecule has 1 aromatic carbocycles. The largest absolute Gasteiger partial charge is 0.369 e. The average molecular weight is 378 g/mol. The summed E-state index contributed by atoms with van der Waals surface area (Å²) in [7, 11) is 4.08. The number of amides is 1. The maximum atomic E-state index is 12.1. The first-order valence-corrected chi connectivity index (χ1v) is 8.13. The SMILES string of the molecule is CN(C)CCCNc1ccc(C(=O)Nc2ccc(Br)cc2)nn1. The van der Waals surface area contributed by atoms with Gasteiger partial charge in [-0.1, -0.05) is 15.9 Å². The van der Waals surface area contributed by atoms with Gasteiger partial charge in [-0.3, -0.25) is 4.79 Å². The zero-order valence-corrected chi connectivity index (χ0v) is 14.8. The van der Waals surface area contributed by atoms with Gasteiger partial charge in [0.15, 0.2) is 5.69 Å². The highest BCUT2D eigenvalue weighted by Crippen LogP contribution is 2.14. The van der Waals surface area contributed by atoms with Crippen LogP contribution in [0.25, 0.3) is 0 Å². The van der Waals surface area contributed by atoms with Crippen LogP contribution >= 0.6 is 15.9 Å². The van der Waals surface area contributed by atoms with Crippen molar-refractivity contribution >= 4 is 33.3 Å². The molecule has 0 saturated heterocycles. The molecule has 1 amide bonds. The molecule has 0 spiro atoms. The molecule has 1 aromatic heterocycles. The van der Waals surface area contributed by atoms with Gasteiger partial charge in [-0.15, -0.1) is 10.2 Å². The van der Waals surface area contributed by atoms with E-state index >= 15 is 0 Å². The van der Waals surface area contributed by atoms with Crippen LogP contribution in [0.15, 0.2) is 40.9 Å². The van der Waals surface area contributed by atoms with Gasteiger partial charge in [-0.2, -0.15) is 0 Å². The van der Waals surface area contributed by atoms with E-state index in [1.807, 2.05) is 38.4 Å². The number of anilines is 2. The molecule has 0 aliphatic rings. The Balaban J connectivity index is 1.86. The fourth-order valence-electron chi connectivity index (χ4n) is 1.89. The van der Waals surface area contributed by atoms with Crippen LogP contribution in [0.4, 0.5) is 11.5 Å².